The molecule has 0 aliphatic carbocycles. The maximum absolute atomic E-state index is 12.7. The number of hydrogen-bond donors (Lipinski definition) is 0. The normalized spacial score (nSPS) is 22.4. The van der Waals surface area contributed by atoms with Crippen molar-refractivity contribution in [3.8, 4) is 0 Å². The second kappa shape index (κ2) is 7.78. The summed E-state index contributed by atoms with van der Waals surface area (Å²) in [5.41, 5.74) is 1.12. The predicted molar refractivity (Wildman–Crippen MR) is 91.6 cm³/mol. The molecule has 134 valence electrons. The minimum absolute atomic E-state index is 0.0948. The molecule has 6 nitrogen and oxygen atoms in total. The lowest BCUT2D eigenvalue weighted by molar-refractivity contribution is -0.147. The van der Waals surface area contributed by atoms with Gasteiger partial charge in [-0.05, 0) is 37.9 Å². The van der Waals surface area contributed by atoms with Crippen molar-refractivity contribution in [2.24, 2.45) is 5.92 Å². The highest BCUT2D eigenvalue weighted by Gasteiger charge is 2.42. The van der Waals surface area contributed by atoms with Crippen LogP contribution in [0, 0.1) is 5.92 Å². The van der Waals surface area contributed by atoms with E-state index in [9.17, 15) is 14.4 Å². The van der Waals surface area contributed by atoms with Gasteiger partial charge in [0.25, 0.3) is 0 Å². The standard InChI is InChI=1S/C19H24N2O4/c1-25-19(24)15-8-10-20(11-9-15)16-13-17(22)21(18(16)23)12-7-14-5-3-2-4-6-14/h2-6,15-16H,7-13H2,1H3. The third-order valence-electron chi connectivity index (χ3n) is 5.19. The van der Waals surface area contributed by atoms with Crippen LogP contribution in [-0.2, 0) is 25.5 Å². The molecule has 0 saturated carbocycles. The minimum atomic E-state index is -0.373. The lowest BCUT2D eigenvalue weighted by Gasteiger charge is -2.33. The van der Waals surface area contributed by atoms with Crippen LogP contribution in [0.2, 0.25) is 0 Å². The number of hydrogen-bond acceptors (Lipinski definition) is 5. The van der Waals surface area contributed by atoms with E-state index < -0.39 is 0 Å². The topological polar surface area (TPSA) is 66.9 Å². The molecule has 1 atom stereocenters. The van der Waals surface area contributed by atoms with E-state index in [1.807, 2.05) is 35.2 Å². The zero-order chi connectivity index (χ0) is 17.8. The number of amides is 2. The van der Waals surface area contributed by atoms with Crippen LogP contribution in [0.5, 0.6) is 0 Å². The molecule has 0 N–H and O–H groups in total. The fraction of sp³-hybridized carbons (Fsp3) is 0.526. The van der Waals surface area contributed by atoms with Crippen molar-refractivity contribution in [2.45, 2.75) is 31.7 Å². The number of rotatable bonds is 5. The van der Waals surface area contributed by atoms with E-state index in [4.69, 9.17) is 4.74 Å². The molecule has 6 heteroatoms. The first-order valence-corrected chi connectivity index (χ1v) is 8.80. The molecule has 1 aromatic carbocycles. The number of nitrogens with zero attached hydrogens (tertiary/aromatic N) is 2. The molecule has 0 spiro atoms. The summed E-state index contributed by atoms with van der Waals surface area (Å²) in [5, 5.41) is 0. The summed E-state index contributed by atoms with van der Waals surface area (Å²) in [6, 6.07) is 9.49. The van der Waals surface area contributed by atoms with Gasteiger partial charge < -0.3 is 4.74 Å². The van der Waals surface area contributed by atoms with Gasteiger partial charge in [-0.15, -0.1) is 0 Å². The number of piperidine rings is 1. The summed E-state index contributed by atoms with van der Waals surface area (Å²) in [5.74, 6) is -0.473. The molecule has 1 unspecified atom stereocenters. The largest absolute Gasteiger partial charge is 0.469 e. The van der Waals surface area contributed by atoms with Crippen molar-refractivity contribution >= 4 is 17.8 Å². The van der Waals surface area contributed by atoms with Crippen LogP contribution < -0.4 is 0 Å². The molecular formula is C19H24N2O4. The quantitative estimate of drug-likeness (QED) is 0.594. The summed E-state index contributed by atoms with van der Waals surface area (Å²) in [6.45, 7) is 1.72. The van der Waals surface area contributed by atoms with Crippen LogP contribution in [0.4, 0.5) is 0 Å². The van der Waals surface area contributed by atoms with E-state index in [0.717, 1.165) is 5.56 Å². The summed E-state index contributed by atoms with van der Waals surface area (Å²) in [4.78, 5) is 40.0. The monoisotopic (exact) mass is 344 g/mol. The van der Waals surface area contributed by atoms with Gasteiger partial charge in [-0.1, -0.05) is 30.3 Å². The van der Waals surface area contributed by atoms with Crippen LogP contribution in [-0.4, -0.2) is 60.4 Å². The number of likely N-dealkylation sites (tertiary alicyclic amines) is 2. The highest BCUT2D eigenvalue weighted by Crippen LogP contribution is 2.25. The average Bonchev–Trinajstić information content (AvgIpc) is 2.94. The summed E-state index contributed by atoms with van der Waals surface area (Å²) >= 11 is 0. The molecule has 2 aliphatic rings. The Labute approximate surface area is 147 Å². The molecule has 25 heavy (non-hydrogen) atoms. The molecule has 2 fully saturated rings. The summed E-state index contributed by atoms with van der Waals surface area (Å²) in [6.07, 6.45) is 2.27. The smallest absolute Gasteiger partial charge is 0.308 e. The average molecular weight is 344 g/mol. The van der Waals surface area contributed by atoms with Crippen LogP contribution in [0.15, 0.2) is 30.3 Å². The maximum Gasteiger partial charge on any atom is 0.308 e. The molecule has 2 heterocycles. The molecule has 2 saturated heterocycles. The van der Waals surface area contributed by atoms with E-state index in [0.29, 0.717) is 38.9 Å². The van der Waals surface area contributed by atoms with Crippen LogP contribution in [0.1, 0.15) is 24.8 Å². The highest BCUT2D eigenvalue weighted by atomic mass is 16.5. The van der Waals surface area contributed by atoms with Crippen molar-refractivity contribution in [3.05, 3.63) is 35.9 Å². The van der Waals surface area contributed by atoms with Gasteiger partial charge in [0, 0.05) is 6.54 Å². The molecule has 0 bridgehead atoms. The molecule has 1 aromatic rings. The van der Waals surface area contributed by atoms with Crippen molar-refractivity contribution in [1.82, 2.24) is 9.80 Å². The van der Waals surface area contributed by atoms with Gasteiger partial charge in [-0.3, -0.25) is 24.2 Å². The maximum atomic E-state index is 12.7. The molecule has 2 amide bonds. The van der Waals surface area contributed by atoms with E-state index >= 15 is 0 Å². The van der Waals surface area contributed by atoms with Crippen LogP contribution in [0.3, 0.4) is 0 Å². The van der Waals surface area contributed by atoms with Gasteiger partial charge in [0.1, 0.15) is 0 Å². The molecular weight excluding hydrogens is 320 g/mol. The third kappa shape index (κ3) is 3.90. The number of esters is 1. The molecule has 3 rings (SSSR count). The number of imide groups is 1. The Kier molecular flexibility index (Phi) is 5.48. The second-order valence-electron chi connectivity index (χ2n) is 6.67. The number of carbonyl (C=O) groups is 3. The van der Waals surface area contributed by atoms with E-state index in [-0.39, 0.29) is 36.2 Å². The number of carbonyl (C=O) groups excluding carboxylic acids is 3. The highest BCUT2D eigenvalue weighted by molar-refractivity contribution is 6.05. The Morgan fingerprint density at radius 3 is 2.48 bits per heavy atom. The molecule has 0 radical (unpaired) electrons. The number of benzene rings is 1. The molecule has 0 aromatic heterocycles. The van der Waals surface area contributed by atoms with Crippen molar-refractivity contribution in [3.63, 3.8) is 0 Å². The third-order valence-corrected chi connectivity index (χ3v) is 5.19. The van der Waals surface area contributed by atoms with E-state index in [1.54, 1.807) is 0 Å². The first-order chi connectivity index (χ1) is 12.1. The van der Waals surface area contributed by atoms with E-state index in [1.165, 1.54) is 12.0 Å². The summed E-state index contributed by atoms with van der Waals surface area (Å²) < 4.78 is 4.79. The minimum Gasteiger partial charge on any atom is -0.469 e. The van der Waals surface area contributed by atoms with Gasteiger partial charge in [0.05, 0.1) is 25.5 Å². The SMILES string of the molecule is COC(=O)C1CCN(C2CC(=O)N(CCc3ccccc3)C2=O)CC1. The van der Waals surface area contributed by atoms with Crippen molar-refractivity contribution in [1.29, 1.82) is 0 Å². The Hall–Kier alpha value is -2.21. The second-order valence-corrected chi connectivity index (χ2v) is 6.67. The Morgan fingerprint density at radius 2 is 1.84 bits per heavy atom. The zero-order valence-corrected chi connectivity index (χ0v) is 14.5. The fourth-order valence-electron chi connectivity index (χ4n) is 3.68. The predicted octanol–water partition coefficient (Wildman–Crippen LogP) is 1.24. The van der Waals surface area contributed by atoms with Crippen molar-refractivity contribution < 1.29 is 19.1 Å². The number of ether oxygens (including phenoxy) is 1. The lowest BCUT2D eigenvalue weighted by atomic mass is 9.95. The first-order valence-electron chi connectivity index (χ1n) is 8.80. The van der Waals surface area contributed by atoms with Gasteiger partial charge >= 0.3 is 5.97 Å². The first kappa shape index (κ1) is 17.6. The zero-order valence-electron chi connectivity index (χ0n) is 14.5. The van der Waals surface area contributed by atoms with Gasteiger partial charge in [-0.2, -0.15) is 0 Å². The Bertz CT molecular complexity index is 638. The van der Waals surface area contributed by atoms with Crippen LogP contribution >= 0.6 is 0 Å². The van der Waals surface area contributed by atoms with Crippen molar-refractivity contribution in [2.75, 3.05) is 26.7 Å². The van der Waals surface area contributed by atoms with Gasteiger partial charge in [0.15, 0.2) is 0 Å². The summed E-state index contributed by atoms with van der Waals surface area (Å²) in [7, 11) is 1.40. The fourth-order valence-corrected chi connectivity index (χ4v) is 3.68. The Balaban J connectivity index is 1.55. The molecule has 2 aliphatic heterocycles. The van der Waals surface area contributed by atoms with Gasteiger partial charge in [-0.25, -0.2) is 0 Å². The van der Waals surface area contributed by atoms with Gasteiger partial charge in [0.2, 0.25) is 11.8 Å². The lowest BCUT2D eigenvalue weighted by Crippen LogP contribution is -2.47. The Morgan fingerprint density at radius 1 is 1.16 bits per heavy atom. The van der Waals surface area contributed by atoms with E-state index in [2.05, 4.69) is 0 Å². The number of methoxy groups -OCH3 is 1. The van der Waals surface area contributed by atoms with Crippen LogP contribution in [0.25, 0.3) is 0 Å².